The van der Waals surface area contributed by atoms with Crippen molar-refractivity contribution in [1.29, 1.82) is 0 Å². The first-order chi connectivity index (χ1) is 23.8. The first-order valence-corrected chi connectivity index (χ1v) is 18.2. The lowest BCUT2D eigenvalue weighted by molar-refractivity contribution is -0.253. The van der Waals surface area contributed by atoms with Crippen molar-refractivity contribution < 1.29 is 19.4 Å². The van der Waals surface area contributed by atoms with Gasteiger partial charge in [-0.25, -0.2) is 4.79 Å². The zero-order valence-electron chi connectivity index (χ0n) is 28.7. The lowest BCUT2D eigenvalue weighted by atomic mass is 9.53. The highest BCUT2D eigenvalue weighted by Gasteiger charge is 2.51. The highest BCUT2D eigenvalue weighted by Crippen LogP contribution is 2.55. The fourth-order valence-electron chi connectivity index (χ4n) is 9.62. The Morgan fingerprint density at radius 1 is 0.837 bits per heavy atom. The van der Waals surface area contributed by atoms with Crippen LogP contribution in [0.3, 0.4) is 0 Å². The Morgan fingerprint density at radius 2 is 1.49 bits per heavy atom. The van der Waals surface area contributed by atoms with Gasteiger partial charge in [0.1, 0.15) is 0 Å². The largest absolute Gasteiger partial charge is 0.392 e. The molecular weight excluding hydrogens is 610 g/mol. The molecule has 7 heteroatoms. The van der Waals surface area contributed by atoms with Crippen LogP contribution in [0.1, 0.15) is 92.6 Å². The Bertz CT molecular complexity index is 1740. The Labute approximate surface area is 290 Å². The molecule has 4 aliphatic carbocycles. The Morgan fingerprint density at radius 3 is 2.16 bits per heavy atom. The Balaban J connectivity index is 0.955. The monoisotopic (exact) mass is 659 g/mol. The molecule has 0 aromatic heterocycles. The number of amides is 2. The highest BCUT2D eigenvalue weighted by molar-refractivity contribution is 5.89. The Hall–Kier alpha value is -3.75. The standard InChI is InChI=1S/C42H49N3O4/c1-27(35-12-11-32-5-3-4-6-36(32)20-35)45(2)25-38-21-39(33-9-7-28(26-46)8-10-33)49-40(48-38)34-13-15-37(16-14-34)43-41(47)44-42-22-29-17-30(23-42)19-31(18-29)24-42/h3-16,20,27,29-31,38-40,46H,17-19,21-26H2,1-2H3,(H2,43,44,47)/t27-,29?,30?,31?,38-,39+,40+,42?/m1/s1. The second kappa shape index (κ2) is 13.5. The summed E-state index contributed by atoms with van der Waals surface area (Å²) >= 11 is 0. The van der Waals surface area contributed by atoms with Crippen molar-refractivity contribution in [2.24, 2.45) is 17.8 Å². The summed E-state index contributed by atoms with van der Waals surface area (Å²) < 4.78 is 13.3. The number of aliphatic hydroxyl groups excluding tert-OH is 1. The second-order valence-electron chi connectivity index (χ2n) is 15.5. The smallest absolute Gasteiger partial charge is 0.319 e. The number of rotatable bonds is 9. The maximum Gasteiger partial charge on any atom is 0.319 e. The summed E-state index contributed by atoms with van der Waals surface area (Å²) in [6.45, 7) is 3.00. The minimum Gasteiger partial charge on any atom is -0.392 e. The molecule has 256 valence electrons. The molecule has 49 heavy (non-hydrogen) atoms. The summed E-state index contributed by atoms with van der Waals surface area (Å²) in [6, 6.07) is 31.2. The predicted octanol–water partition coefficient (Wildman–Crippen LogP) is 8.66. The molecule has 2 amide bonds. The van der Waals surface area contributed by atoms with E-state index in [1.54, 1.807) is 0 Å². The lowest BCUT2D eigenvalue weighted by Crippen LogP contribution is -2.60. The van der Waals surface area contributed by atoms with Crippen molar-refractivity contribution >= 4 is 22.5 Å². The number of benzene rings is 4. The quantitative estimate of drug-likeness (QED) is 0.168. The zero-order chi connectivity index (χ0) is 33.5. The molecule has 0 spiro atoms. The number of hydrogen-bond donors (Lipinski definition) is 3. The van der Waals surface area contributed by atoms with E-state index >= 15 is 0 Å². The minimum absolute atomic E-state index is 0.0125. The van der Waals surface area contributed by atoms with Gasteiger partial charge in [0.05, 0.1) is 18.8 Å². The maximum atomic E-state index is 13.2. The molecule has 4 bridgehead atoms. The Kier molecular flexibility index (Phi) is 8.95. The minimum atomic E-state index is -0.555. The van der Waals surface area contributed by atoms with Gasteiger partial charge in [0.2, 0.25) is 0 Å². The van der Waals surface area contributed by atoms with Crippen molar-refractivity contribution in [2.75, 3.05) is 18.9 Å². The van der Waals surface area contributed by atoms with Gasteiger partial charge in [-0.1, -0.05) is 72.8 Å². The summed E-state index contributed by atoms with van der Waals surface area (Å²) in [5.41, 5.74) is 4.87. The van der Waals surface area contributed by atoms with E-state index in [1.165, 1.54) is 35.6 Å². The molecule has 9 rings (SSSR count). The van der Waals surface area contributed by atoms with Crippen LogP contribution in [0.2, 0.25) is 0 Å². The molecule has 7 nitrogen and oxygen atoms in total. The molecule has 5 fully saturated rings. The molecule has 1 saturated heterocycles. The SMILES string of the molecule is C[C@H](c1ccc2ccccc2c1)N(C)C[C@H]1C[C@@H](c2ccc(CO)cc2)O[C@@H](c2ccc(NC(=O)NC34CC5CC(CC(C5)C3)C4)cc2)O1. The van der Waals surface area contributed by atoms with E-state index in [0.29, 0.717) is 6.42 Å². The van der Waals surface area contributed by atoms with Crippen molar-refractivity contribution in [3.8, 4) is 0 Å². The third-order valence-electron chi connectivity index (χ3n) is 11.9. The van der Waals surface area contributed by atoms with Gasteiger partial charge in [-0.2, -0.15) is 0 Å². The molecular formula is C42H49N3O4. The van der Waals surface area contributed by atoms with Crippen LogP contribution in [-0.2, 0) is 16.1 Å². The average molecular weight is 660 g/mol. The molecule has 4 aromatic rings. The van der Waals surface area contributed by atoms with Crippen LogP contribution in [0.4, 0.5) is 10.5 Å². The highest BCUT2D eigenvalue weighted by atomic mass is 16.7. The number of urea groups is 1. The number of anilines is 1. The van der Waals surface area contributed by atoms with E-state index in [9.17, 15) is 9.90 Å². The van der Waals surface area contributed by atoms with Gasteiger partial charge in [-0.15, -0.1) is 0 Å². The summed E-state index contributed by atoms with van der Waals surface area (Å²) in [5.74, 6) is 2.34. The van der Waals surface area contributed by atoms with Gasteiger partial charge in [0.25, 0.3) is 0 Å². The number of hydrogen-bond acceptors (Lipinski definition) is 5. The zero-order valence-corrected chi connectivity index (χ0v) is 28.7. The number of aliphatic hydroxyl groups is 1. The number of likely N-dealkylation sites (N-methyl/N-ethyl adjacent to an activating group) is 1. The van der Waals surface area contributed by atoms with Crippen LogP contribution in [0.15, 0.2) is 91.0 Å². The van der Waals surface area contributed by atoms with Crippen LogP contribution < -0.4 is 10.6 Å². The fraction of sp³-hybridized carbons (Fsp3) is 0.452. The van der Waals surface area contributed by atoms with E-state index in [-0.39, 0.29) is 36.4 Å². The number of carbonyl (C=O) groups excluding carboxylic acids is 1. The van der Waals surface area contributed by atoms with Crippen LogP contribution in [0.5, 0.6) is 0 Å². The normalized spacial score (nSPS) is 29.6. The van der Waals surface area contributed by atoms with Gasteiger partial charge in [0, 0.05) is 35.8 Å². The van der Waals surface area contributed by atoms with Crippen molar-refractivity contribution in [3.05, 3.63) is 113 Å². The summed E-state index contributed by atoms with van der Waals surface area (Å²) in [5, 5.41) is 18.6. The molecule has 1 heterocycles. The van der Waals surface area contributed by atoms with Crippen LogP contribution >= 0.6 is 0 Å². The van der Waals surface area contributed by atoms with Crippen LogP contribution in [-0.4, -0.2) is 41.3 Å². The predicted molar refractivity (Wildman–Crippen MR) is 193 cm³/mol. The average Bonchev–Trinajstić information content (AvgIpc) is 3.10. The van der Waals surface area contributed by atoms with E-state index < -0.39 is 6.29 Å². The first-order valence-electron chi connectivity index (χ1n) is 18.2. The molecule has 3 N–H and O–H groups in total. The first kappa shape index (κ1) is 32.5. The van der Waals surface area contributed by atoms with E-state index in [0.717, 1.165) is 65.9 Å². The van der Waals surface area contributed by atoms with Crippen molar-refractivity contribution in [1.82, 2.24) is 10.2 Å². The molecule has 0 unspecified atom stereocenters. The summed E-state index contributed by atoms with van der Waals surface area (Å²) in [6.07, 6.45) is 7.37. The summed E-state index contributed by atoms with van der Waals surface area (Å²) in [4.78, 5) is 15.6. The van der Waals surface area contributed by atoms with E-state index in [4.69, 9.17) is 9.47 Å². The van der Waals surface area contributed by atoms with Gasteiger partial charge in [0.15, 0.2) is 6.29 Å². The number of ether oxygens (including phenoxy) is 2. The van der Waals surface area contributed by atoms with Crippen LogP contribution in [0, 0.1) is 17.8 Å². The molecule has 5 aliphatic rings. The van der Waals surface area contributed by atoms with Gasteiger partial charge >= 0.3 is 6.03 Å². The van der Waals surface area contributed by atoms with Crippen molar-refractivity contribution in [3.63, 3.8) is 0 Å². The van der Waals surface area contributed by atoms with Gasteiger partial charge < -0.3 is 25.2 Å². The second-order valence-corrected chi connectivity index (χ2v) is 15.5. The lowest BCUT2D eigenvalue weighted by Gasteiger charge is -2.56. The summed E-state index contributed by atoms with van der Waals surface area (Å²) in [7, 11) is 2.16. The fourth-order valence-corrected chi connectivity index (χ4v) is 9.62. The maximum absolute atomic E-state index is 13.2. The third-order valence-corrected chi connectivity index (χ3v) is 11.9. The van der Waals surface area contributed by atoms with Crippen molar-refractivity contribution in [2.45, 2.75) is 88.6 Å². The van der Waals surface area contributed by atoms with Crippen LogP contribution in [0.25, 0.3) is 10.8 Å². The number of fused-ring (bicyclic) bond motifs is 1. The third kappa shape index (κ3) is 7.00. The molecule has 4 saturated carbocycles. The molecule has 4 aromatic carbocycles. The van der Waals surface area contributed by atoms with Gasteiger partial charge in [-0.3, -0.25) is 4.90 Å². The molecule has 4 atom stereocenters. The molecule has 0 radical (unpaired) electrons. The van der Waals surface area contributed by atoms with Gasteiger partial charge in [-0.05, 0) is 116 Å². The molecule has 1 aliphatic heterocycles. The topological polar surface area (TPSA) is 83.1 Å². The van der Waals surface area contributed by atoms with E-state index in [2.05, 4.69) is 72.0 Å². The van der Waals surface area contributed by atoms with E-state index in [1.807, 2.05) is 48.5 Å². The number of carbonyl (C=O) groups is 1. The number of nitrogens with one attached hydrogen (secondary N) is 2. The number of nitrogens with zero attached hydrogens (tertiary/aromatic N) is 1.